The summed E-state index contributed by atoms with van der Waals surface area (Å²) in [5.74, 6) is -1.10. The van der Waals surface area contributed by atoms with E-state index >= 15 is 0 Å². The molecule has 0 aliphatic carbocycles. The van der Waals surface area contributed by atoms with Gasteiger partial charge in [0.05, 0.1) is 13.1 Å². The van der Waals surface area contributed by atoms with Crippen molar-refractivity contribution in [2.75, 3.05) is 36.8 Å². The summed E-state index contributed by atoms with van der Waals surface area (Å²) in [6, 6.07) is 14.7. The molecule has 2 aromatic rings. The normalized spacial score (nSPS) is 14.7. The molecule has 8 heteroatoms. The van der Waals surface area contributed by atoms with Crippen molar-refractivity contribution >= 4 is 29.1 Å². The molecule has 0 unspecified atom stereocenters. The van der Waals surface area contributed by atoms with Crippen LogP contribution in [0.4, 0.5) is 15.8 Å². The molecule has 3 amide bonds. The molecule has 0 aromatic heterocycles. The Morgan fingerprint density at radius 1 is 0.867 bits per heavy atom. The molecule has 7 nitrogen and oxygen atoms in total. The third-order valence-corrected chi connectivity index (χ3v) is 4.94. The highest BCUT2D eigenvalue weighted by Gasteiger charge is 2.26. The van der Waals surface area contributed by atoms with Crippen LogP contribution >= 0.6 is 0 Å². The zero-order valence-electron chi connectivity index (χ0n) is 16.6. The maximum atomic E-state index is 12.9. The largest absolute Gasteiger partial charge is 0.346 e. The standard InChI is InChI=1S/C22H25FN4O3/c23-17-6-8-19(9-7-17)25-20(28)14-24-21(29)15-27-12-10-16(11-13-27)22(30)26-18-4-2-1-3-5-18/h1-9,16H,10-15H2,(H,24,29)(H,25,28)(H,26,30). The Morgan fingerprint density at radius 2 is 1.50 bits per heavy atom. The minimum atomic E-state index is -0.386. The van der Waals surface area contributed by atoms with Gasteiger partial charge in [0.2, 0.25) is 17.7 Å². The van der Waals surface area contributed by atoms with E-state index < -0.39 is 0 Å². The lowest BCUT2D eigenvalue weighted by molar-refractivity contribution is -0.125. The highest BCUT2D eigenvalue weighted by molar-refractivity contribution is 5.95. The number of amides is 3. The van der Waals surface area contributed by atoms with Gasteiger partial charge in [-0.1, -0.05) is 18.2 Å². The monoisotopic (exact) mass is 412 g/mol. The topological polar surface area (TPSA) is 90.5 Å². The van der Waals surface area contributed by atoms with Gasteiger partial charge < -0.3 is 16.0 Å². The fraction of sp³-hybridized carbons (Fsp3) is 0.318. The van der Waals surface area contributed by atoms with Crippen LogP contribution in [0.15, 0.2) is 54.6 Å². The second-order valence-electron chi connectivity index (χ2n) is 7.24. The van der Waals surface area contributed by atoms with E-state index in [0.717, 1.165) is 5.69 Å². The van der Waals surface area contributed by atoms with Gasteiger partial charge in [-0.3, -0.25) is 19.3 Å². The summed E-state index contributed by atoms with van der Waals surface area (Å²) in [6.45, 7) is 1.30. The van der Waals surface area contributed by atoms with Gasteiger partial charge in [0, 0.05) is 17.3 Å². The van der Waals surface area contributed by atoms with Crippen LogP contribution in [0.3, 0.4) is 0 Å². The molecule has 1 aliphatic rings. The molecule has 3 N–H and O–H groups in total. The summed E-state index contributed by atoms with van der Waals surface area (Å²) in [5.41, 5.74) is 1.25. The summed E-state index contributed by atoms with van der Waals surface area (Å²) in [7, 11) is 0. The van der Waals surface area contributed by atoms with Crippen LogP contribution in [0.1, 0.15) is 12.8 Å². The minimum Gasteiger partial charge on any atom is -0.346 e. The average molecular weight is 412 g/mol. The van der Waals surface area contributed by atoms with Crippen molar-refractivity contribution in [1.29, 1.82) is 0 Å². The van der Waals surface area contributed by atoms with Crippen molar-refractivity contribution in [3.8, 4) is 0 Å². The number of likely N-dealkylation sites (tertiary alicyclic amines) is 1. The van der Waals surface area contributed by atoms with Crippen LogP contribution in [0.2, 0.25) is 0 Å². The summed E-state index contributed by atoms with van der Waals surface area (Å²) in [4.78, 5) is 38.3. The molecule has 3 rings (SSSR count). The first kappa shape index (κ1) is 21.4. The number of halogens is 1. The van der Waals surface area contributed by atoms with E-state index in [1.165, 1.54) is 24.3 Å². The third kappa shape index (κ3) is 6.66. The van der Waals surface area contributed by atoms with E-state index in [9.17, 15) is 18.8 Å². The highest BCUT2D eigenvalue weighted by Crippen LogP contribution is 2.19. The number of rotatable bonds is 7. The predicted octanol–water partition coefficient (Wildman–Crippen LogP) is 2.23. The highest BCUT2D eigenvalue weighted by atomic mass is 19.1. The van der Waals surface area contributed by atoms with E-state index in [1.807, 2.05) is 35.2 Å². The van der Waals surface area contributed by atoms with Gasteiger partial charge in [0.25, 0.3) is 0 Å². The summed E-state index contributed by atoms with van der Waals surface area (Å²) < 4.78 is 12.9. The number of carbonyl (C=O) groups is 3. The third-order valence-electron chi connectivity index (χ3n) is 4.94. The van der Waals surface area contributed by atoms with Gasteiger partial charge in [0.1, 0.15) is 5.82 Å². The van der Waals surface area contributed by atoms with Gasteiger partial charge >= 0.3 is 0 Å². The molecular weight excluding hydrogens is 387 g/mol. The minimum absolute atomic E-state index is 0.00256. The Kier molecular flexibility index (Phi) is 7.51. The Bertz CT molecular complexity index is 866. The molecule has 0 radical (unpaired) electrons. The van der Waals surface area contributed by atoms with Crippen LogP contribution < -0.4 is 16.0 Å². The average Bonchev–Trinajstić information content (AvgIpc) is 2.75. The number of benzene rings is 2. The van der Waals surface area contributed by atoms with Crippen molar-refractivity contribution < 1.29 is 18.8 Å². The first-order chi connectivity index (χ1) is 14.5. The van der Waals surface area contributed by atoms with Crippen molar-refractivity contribution in [2.45, 2.75) is 12.8 Å². The Labute approximate surface area is 174 Å². The smallest absolute Gasteiger partial charge is 0.243 e. The van der Waals surface area contributed by atoms with E-state index in [0.29, 0.717) is 31.6 Å². The molecule has 1 saturated heterocycles. The number of hydrogen-bond acceptors (Lipinski definition) is 4. The molecule has 0 saturated carbocycles. The fourth-order valence-corrected chi connectivity index (χ4v) is 3.30. The summed E-state index contributed by atoms with van der Waals surface area (Å²) in [5, 5.41) is 8.09. The second kappa shape index (κ2) is 10.5. The van der Waals surface area contributed by atoms with Gasteiger partial charge in [-0.25, -0.2) is 4.39 Å². The molecule has 0 spiro atoms. The molecule has 0 bridgehead atoms. The zero-order valence-corrected chi connectivity index (χ0v) is 16.6. The van der Waals surface area contributed by atoms with E-state index in [2.05, 4.69) is 16.0 Å². The Morgan fingerprint density at radius 3 is 2.17 bits per heavy atom. The van der Waals surface area contributed by atoms with Crippen LogP contribution in [0.5, 0.6) is 0 Å². The first-order valence-corrected chi connectivity index (χ1v) is 9.90. The van der Waals surface area contributed by atoms with Gasteiger partial charge in [-0.05, 0) is 62.3 Å². The lowest BCUT2D eigenvalue weighted by atomic mass is 9.96. The fourth-order valence-electron chi connectivity index (χ4n) is 3.30. The molecule has 158 valence electrons. The van der Waals surface area contributed by atoms with Crippen LogP contribution in [-0.2, 0) is 14.4 Å². The van der Waals surface area contributed by atoms with Crippen LogP contribution in [0, 0.1) is 11.7 Å². The van der Waals surface area contributed by atoms with Crippen molar-refractivity contribution in [1.82, 2.24) is 10.2 Å². The Hall–Kier alpha value is -3.26. The van der Waals surface area contributed by atoms with Crippen molar-refractivity contribution in [3.63, 3.8) is 0 Å². The van der Waals surface area contributed by atoms with Gasteiger partial charge in [-0.2, -0.15) is 0 Å². The maximum Gasteiger partial charge on any atom is 0.243 e. The zero-order chi connectivity index (χ0) is 21.3. The van der Waals surface area contributed by atoms with Crippen LogP contribution in [-0.4, -0.2) is 48.8 Å². The molecular formula is C22H25FN4O3. The number of carbonyl (C=O) groups excluding carboxylic acids is 3. The quantitative estimate of drug-likeness (QED) is 0.651. The lowest BCUT2D eigenvalue weighted by Gasteiger charge is -2.30. The molecule has 1 aliphatic heterocycles. The summed E-state index contributed by atoms with van der Waals surface area (Å²) >= 11 is 0. The number of piperidine rings is 1. The molecule has 1 heterocycles. The number of nitrogens with zero attached hydrogens (tertiary/aromatic N) is 1. The van der Waals surface area contributed by atoms with Gasteiger partial charge in [-0.15, -0.1) is 0 Å². The van der Waals surface area contributed by atoms with E-state index in [1.54, 1.807) is 0 Å². The molecule has 30 heavy (non-hydrogen) atoms. The predicted molar refractivity (Wildman–Crippen MR) is 112 cm³/mol. The number of hydrogen-bond donors (Lipinski definition) is 3. The van der Waals surface area contributed by atoms with E-state index in [4.69, 9.17) is 0 Å². The number of nitrogens with one attached hydrogen (secondary N) is 3. The van der Waals surface area contributed by atoms with Gasteiger partial charge in [0.15, 0.2) is 0 Å². The lowest BCUT2D eigenvalue weighted by Crippen LogP contribution is -2.44. The molecule has 1 fully saturated rings. The SMILES string of the molecule is O=C(CN1CCC(C(=O)Nc2ccccc2)CC1)NCC(=O)Nc1ccc(F)cc1. The van der Waals surface area contributed by atoms with Crippen LogP contribution in [0.25, 0.3) is 0 Å². The number of para-hydroxylation sites is 1. The van der Waals surface area contributed by atoms with E-state index in [-0.39, 0.29) is 42.5 Å². The van der Waals surface area contributed by atoms with Crippen molar-refractivity contribution in [2.24, 2.45) is 5.92 Å². The molecule has 2 aromatic carbocycles. The van der Waals surface area contributed by atoms with Crippen molar-refractivity contribution in [3.05, 3.63) is 60.4 Å². The first-order valence-electron chi connectivity index (χ1n) is 9.90. The summed E-state index contributed by atoms with van der Waals surface area (Å²) in [6.07, 6.45) is 1.36. The second-order valence-corrected chi connectivity index (χ2v) is 7.24. The molecule has 0 atom stereocenters. The number of anilines is 2. The Balaban J connectivity index is 1.34. The maximum absolute atomic E-state index is 12.9.